The molecule has 110 valence electrons. The first kappa shape index (κ1) is 15.4. The van der Waals surface area contributed by atoms with E-state index in [0.717, 1.165) is 11.3 Å². The molecule has 0 amide bonds. The van der Waals surface area contributed by atoms with Gasteiger partial charge >= 0.3 is 0 Å². The van der Waals surface area contributed by atoms with E-state index in [9.17, 15) is 8.78 Å². The van der Waals surface area contributed by atoms with Crippen molar-refractivity contribution in [1.29, 1.82) is 5.26 Å². The first-order chi connectivity index (χ1) is 10.1. The second-order valence-electron chi connectivity index (χ2n) is 4.40. The molecule has 1 heterocycles. The van der Waals surface area contributed by atoms with Crippen LogP contribution in [0.5, 0.6) is 0 Å². The second kappa shape index (κ2) is 7.14. The van der Waals surface area contributed by atoms with Crippen molar-refractivity contribution in [2.45, 2.75) is 25.0 Å². The number of aryl methyl sites for hydroxylation is 1. The molecule has 1 aromatic heterocycles. The number of anilines is 1. The van der Waals surface area contributed by atoms with Gasteiger partial charge in [0.15, 0.2) is 0 Å². The molecular weight excluding hydrogens is 294 g/mol. The molecule has 2 aromatic rings. The Labute approximate surface area is 126 Å². The van der Waals surface area contributed by atoms with Crippen LogP contribution in [0, 0.1) is 18.3 Å². The maximum Gasteiger partial charge on any atom is 0.284 e. The topological polar surface area (TPSA) is 49.0 Å². The summed E-state index contributed by atoms with van der Waals surface area (Å²) < 4.78 is 29.7. The van der Waals surface area contributed by atoms with Crippen LogP contribution in [-0.4, -0.2) is 5.76 Å². The summed E-state index contributed by atoms with van der Waals surface area (Å²) in [5, 5.41) is 12.3. The third-order valence-electron chi connectivity index (χ3n) is 2.91. The molecule has 0 radical (unpaired) electrons. The summed E-state index contributed by atoms with van der Waals surface area (Å²) in [6, 6.07) is 11.2. The van der Waals surface area contributed by atoms with Crippen molar-refractivity contribution in [3.05, 3.63) is 53.0 Å². The number of halogens is 2. The highest BCUT2D eigenvalue weighted by Gasteiger charge is 2.08. The van der Waals surface area contributed by atoms with Crippen LogP contribution in [-0.2, 0) is 12.3 Å². The number of benzene rings is 1. The lowest BCUT2D eigenvalue weighted by Crippen LogP contribution is -2.01. The van der Waals surface area contributed by atoms with Gasteiger partial charge in [0.05, 0.1) is 23.5 Å². The average molecular weight is 308 g/mol. The minimum absolute atomic E-state index is 0.144. The minimum atomic E-state index is -2.40. The van der Waals surface area contributed by atoms with E-state index in [-0.39, 0.29) is 5.75 Å². The molecule has 2 rings (SSSR count). The molecule has 0 unspecified atom stereocenters. The average Bonchev–Trinajstić information content (AvgIpc) is 2.91. The standard InChI is InChI=1S/C15H14F2N2OS/c1-10-3-2-4-14(13(10)7-18)19-8-11-5-6-12(20-11)9-21-15(16)17/h2-6,15,19H,8-9H2,1H3. The van der Waals surface area contributed by atoms with Crippen LogP contribution in [0.2, 0.25) is 0 Å². The largest absolute Gasteiger partial charge is 0.463 e. The van der Waals surface area contributed by atoms with Crippen LogP contribution < -0.4 is 5.32 Å². The molecule has 0 spiro atoms. The smallest absolute Gasteiger partial charge is 0.284 e. The Balaban J connectivity index is 1.98. The zero-order chi connectivity index (χ0) is 15.2. The first-order valence-electron chi connectivity index (χ1n) is 6.31. The van der Waals surface area contributed by atoms with Crippen LogP contribution in [0.25, 0.3) is 0 Å². The molecule has 0 bridgehead atoms. The van der Waals surface area contributed by atoms with Gasteiger partial charge in [-0.1, -0.05) is 23.9 Å². The third kappa shape index (κ3) is 4.23. The van der Waals surface area contributed by atoms with Crippen LogP contribution >= 0.6 is 11.8 Å². The number of nitrogens with zero attached hydrogens (tertiary/aromatic N) is 1. The van der Waals surface area contributed by atoms with Gasteiger partial charge < -0.3 is 9.73 Å². The summed E-state index contributed by atoms with van der Waals surface area (Å²) in [4.78, 5) is 0. The number of hydrogen-bond acceptors (Lipinski definition) is 4. The van der Waals surface area contributed by atoms with Gasteiger partial charge in [-0.25, -0.2) is 0 Å². The van der Waals surface area contributed by atoms with Gasteiger partial charge in [0, 0.05) is 0 Å². The highest BCUT2D eigenvalue weighted by atomic mass is 32.2. The summed E-state index contributed by atoms with van der Waals surface area (Å²) in [5.74, 6) is -1.10. The zero-order valence-corrected chi connectivity index (χ0v) is 12.2. The molecule has 6 heteroatoms. The van der Waals surface area contributed by atoms with Crippen molar-refractivity contribution in [3.63, 3.8) is 0 Å². The van der Waals surface area contributed by atoms with Gasteiger partial charge in [-0.15, -0.1) is 0 Å². The number of nitriles is 1. The van der Waals surface area contributed by atoms with E-state index in [1.165, 1.54) is 0 Å². The zero-order valence-electron chi connectivity index (χ0n) is 11.4. The number of nitrogens with one attached hydrogen (secondary N) is 1. The summed E-state index contributed by atoms with van der Waals surface area (Å²) >= 11 is 0.530. The number of furan rings is 1. The molecule has 1 N–H and O–H groups in total. The lowest BCUT2D eigenvalue weighted by Gasteiger charge is -2.08. The van der Waals surface area contributed by atoms with Crippen molar-refractivity contribution >= 4 is 17.4 Å². The van der Waals surface area contributed by atoms with E-state index in [0.29, 0.717) is 35.4 Å². The molecule has 0 aliphatic rings. The maximum atomic E-state index is 12.1. The van der Waals surface area contributed by atoms with E-state index in [1.54, 1.807) is 12.1 Å². The van der Waals surface area contributed by atoms with Gasteiger partial charge in [0.2, 0.25) is 0 Å². The molecule has 0 saturated heterocycles. The van der Waals surface area contributed by atoms with Crippen molar-refractivity contribution in [2.24, 2.45) is 0 Å². The molecular formula is C15H14F2N2OS. The summed E-state index contributed by atoms with van der Waals surface area (Å²) in [6.07, 6.45) is 0. The second-order valence-corrected chi connectivity index (χ2v) is 5.38. The first-order valence-corrected chi connectivity index (χ1v) is 7.36. The Hall–Kier alpha value is -2.00. The summed E-state index contributed by atoms with van der Waals surface area (Å²) in [7, 11) is 0. The van der Waals surface area contributed by atoms with E-state index in [4.69, 9.17) is 9.68 Å². The molecule has 3 nitrogen and oxygen atoms in total. The van der Waals surface area contributed by atoms with Crippen LogP contribution in [0.1, 0.15) is 22.6 Å². The lowest BCUT2D eigenvalue weighted by molar-refractivity contribution is 0.251. The fourth-order valence-electron chi connectivity index (χ4n) is 1.89. The SMILES string of the molecule is Cc1cccc(NCc2ccc(CSC(F)F)o2)c1C#N. The van der Waals surface area contributed by atoms with E-state index in [2.05, 4.69) is 11.4 Å². The van der Waals surface area contributed by atoms with Gasteiger partial charge in [-0.2, -0.15) is 14.0 Å². The monoisotopic (exact) mass is 308 g/mol. The van der Waals surface area contributed by atoms with Gasteiger partial charge in [0.25, 0.3) is 5.76 Å². The van der Waals surface area contributed by atoms with E-state index in [1.807, 2.05) is 25.1 Å². The summed E-state index contributed by atoms with van der Waals surface area (Å²) in [6.45, 7) is 2.27. The summed E-state index contributed by atoms with van der Waals surface area (Å²) in [5.41, 5.74) is 2.23. The van der Waals surface area contributed by atoms with Crippen LogP contribution in [0.4, 0.5) is 14.5 Å². The Morgan fingerprint density at radius 3 is 2.76 bits per heavy atom. The maximum absolute atomic E-state index is 12.1. The highest BCUT2D eigenvalue weighted by Crippen LogP contribution is 2.22. The fourth-order valence-corrected chi connectivity index (χ4v) is 2.33. The fraction of sp³-hybridized carbons (Fsp3) is 0.267. The van der Waals surface area contributed by atoms with Crippen molar-refractivity contribution in [2.75, 3.05) is 5.32 Å². The highest BCUT2D eigenvalue weighted by molar-refractivity contribution is 7.98. The molecule has 0 atom stereocenters. The Morgan fingerprint density at radius 1 is 1.29 bits per heavy atom. The normalized spacial score (nSPS) is 10.6. The predicted molar refractivity (Wildman–Crippen MR) is 79.2 cm³/mol. The molecule has 1 aromatic carbocycles. The van der Waals surface area contributed by atoms with Gasteiger partial charge in [-0.3, -0.25) is 0 Å². The quantitative estimate of drug-likeness (QED) is 0.852. The van der Waals surface area contributed by atoms with E-state index >= 15 is 0 Å². The van der Waals surface area contributed by atoms with Crippen molar-refractivity contribution in [3.8, 4) is 6.07 Å². The lowest BCUT2D eigenvalue weighted by atomic mass is 10.1. The molecule has 0 aliphatic carbocycles. The predicted octanol–water partition coefficient (Wildman–Crippen LogP) is 4.53. The van der Waals surface area contributed by atoms with Crippen molar-refractivity contribution in [1.82, 2.24) is 0 Å². The number of thioether (sulfide) groups is 1. The molecule has 0 fully saturated rings. The van der Waals surface area contributed by atoms with Gasteiger partial charge in [-0.05, 0) is 30.7 Å². The van der Waals surface area contributed by atoms with Gasteiger partial charge in [0.1, 0.15) is 17.6 Å². The van der Waals surface area contributed by atoms with Crippen LogP contribution in [0.15, 0.2) is 34.7 Å². The molecule has 0 saturated carbocycles. The van der Waals surface area contributed by atoms with E-state index < -0.39 is 5.76 Å². The Morgan fingerprint density at radius 2 is 2.05 bits per heavy atom. The Bertz CT molecular complexity index is 649. The molecule has 21 heavy (non-hydrogen) atoms. The number of rotatable bonds is 6. The third-order valence-corrected chi connectivity index (χ3v) is 3.61. The Kier molecular flexibility index (Phi) is 5.23. The minimum Gasteiger partial charge on any atom is -0.463 e. The number of hydrogen-bond donors (Lipinski definition) is 1. The molecule has 0 aliphatic heterocycles. The van der Waals surface area contributed by atoms with Crippen molar-refractivity contribution < 1.29 is 13.2 Å². The number of alkyl halides is 2. The van der Waals surface area contributed by atoms with Crippen LogP contribution in [0.3, 0.4) is 0 Å².